The van der Waals surface area contributed by atoms with Gasteiger partial charge in [-0.15, -0.1) is 0 Å². The predicted molar refractivity (Wildman–Crippen MR) is 68.6 cm³/mol. The minimum atomic E-state index is -0.0549. The summed E-state index contributed by atoms with van der Waals surface area (Å²) in [6, 6.07) is 5.19. The van der Waals surface area contributed by atoms with Gasteiger partial charge in [0.1, 0.15) is 13.2 Å². The van der Waals surface area contributed by atoms with Gasteiger partial charge in [0.05, 0.1) is 12.6 Å². The molecule has 5 nitrogen and oxygen atoms in total. The quantitative estimate of drug-likeness (QED) is 0.866. The van der Waals surface area contributed by atoms with Crippen LogP contribution in [-0.2, 0) is 0 Å². The molecule has 5 heteroatoms. The Hall–Kier alpha value is -1.75. The number of aliphatic hydroxyl groups is 1. The predicted octanol–water partition coefficient (Wildman–Crippen LogP) is 1.05. The number of amides is 1. The molecule has 2 aliphatic rings. The van der Waals surface area contributed by atoms with E-state index in [9.17, 15) is 9.90 Å². The average molecular weight is 263 g/mol. The lowest BCUT2D eigenvalue weighted by Gasteiger charge is -2.24. The summed E-state index contributed by atoms with van der Waals surface area (Å²) in [6.07, 6.45) is 1.81. The van der Waals surface area contributed by atoms with Crippen molar-refractivity contribution in [3.63, 3.8) is 0 Å². The van der Waals surface area contributed by atoms with Gasteiger partial charge in [-0.25, -0.2) is 0 Å². The third-order valence-corrected chi connectivity index (χ3v) is 3.64. The van der Waals surface area contributed by atoms with Gasteiger partial charge in [0.25, 0.3) is 5.91 Å². The summed E-state index contributed by atoms with van der Waals surface area (Å²) in [7, 11) is 0. The minimum absolute atomic E-state index is 0.0241. The van der Waals surface area contributed by atoms with Gasteiger partial charge in [0.2, 0.25) is 0 Å². The zero-order valence-corrected chi connectivity index (χ0v) is 10.7. The Bertz CT molecular complexity index is 488. The first kappa shape index (κ1) is 12.3. The number of ether oxygens (including phenoxy) is 2. The second-order valence-corrected chi connectivity index (χ2v) is 4.84. The maximum atomic E-state index is 12.4. The fourth-order valence-corrected chi connectivity index (χ4v) is 2.64. The lowest BCUT2D eigenvalue weighted by molar-refractivity contribution is 0.0676. The smallest absolute Gasteiger partial charge is 0.254 e. The third kappa shape index (κ3) is 2.26. The monoisotopic (exact) mass is 263 g/mol. The van der Waals surface area contributed by atoms with Crippen molar-refractivity contribution in [2.75, 3.05) is 26.4 Å². The maximum Gasteiger partial charge on any atom is 0.254 e. The molecule has 1 atom stereocenters. The first-order valence-corrected chi connectivity index (χ1v) is 6.61. The van der Waals surface area contributed by atoms with Crippen LogP contribution in [-0.4, -0.2) is 48.3 Å². The van der Waals surface area contributed by atoms with Crippen LogP contribution in [0, 0.1) is 0 Å². The Kier molecular flexibility index (Phi) is 3.29. The van der Waals surface area contributed by atoms with Crippen molar-refractivity contribution in [3.05, 3.63) is 23.8 Å². The third-order valence-electron chi connectivity index (χ3n) is 3.64. The normalized spacial score (nSPS) is 21.5. The number of fused-ring (bicyclic) bond motifs is 1. The Morgan fingerprint density at radius 2 is 2.11 bits per heavy atom. The number of carbonyl (C=O) groups is 1. The molecule has 0 saturated carbocycles. The summed E-state index contributed by atoms with van der Waals surface area (Å²) in [5.41, 5.74) is 0.588. The molecule has 1 amide bonds. The molecule has 0 radical (unpaired) electrons. The van der Waals surface area contributed by atoms with Crippen LogP contribution in [0.15, 0.2) is 18.2 Å². The van der Waals surface area contributed by atoms with Gasteiger partial charge in [-0.2, -0.15) is 0 Å². The number of aliphatic hydroxyl groups excluding tert-OH is 1. The maximum absolute atomic E-state index is 12.4. The summed E-state index contributed by atoms with van der Waals surface area (Å²) >= 11 is 0. The van der Waals surface area contributed by atoms with Crippen LogP contribution in [0.2, 0.25) is 0 Å². The molecule has 1 aromatic carbocycles. The van der Waals surface area contributed by atoms with E-state index in [1.54, 1.807) is 23.1 Å². The molecular weight excluding hydrogens is 246 g/mol. The molecule has 0 unspecified atom stereocenters. The van der Waals surface area contributed by atoms with E-state index < -0.39 is 0 Å². The molecule has 1 fully saturated rings. The molecule has 102 valence electrons. The van der Waals surface area contributed by atoms with Crippen LogP contribution in [0.25, 0.3) is 0 Å². The van der Waals surface area contributed by atoms with E-state index in [4.69, 9.17) is 9.47 Å². The van der Waals surface area contributed by atoms with Crippen molar-refractivity contribution < 1.29 is 19.4 Å². The Balaban J connectivity index is 1.83. The molecule has 2 aliphatic heterocycles. The average Bonchev–Trinajstić information content (AvgIpc) is 2.94. The summed E-state index contributed by atoms with van der Waals surface area (Å²) in [4.78, 5) is 14.2. The first-order chi connectivity index (χ1) is 9.29. The van der Waals surface area contributed by atoms with Crippen LogP contribution in [0.3, 0.4) is 0 Å². The summed E-state index contributed by atoms with van der Waals surface area (Å²) in [5.74, 6) is 1.26. The van der Waals surface area contributed by atoms with Crippen molar-refractivity contribution in [3.8, 4) is 11.5 Å². The zero-order chi connectivity index (χ0) is 13.2. The van der Waals surface area contributed by atoms with Crippen LogP contribution in [0.1, 0.15) is 23.2 Å². The molecule has 3 rings (SSSR count). The number of carbonyl (C=O) groups excluding carboxylic acids is 1. The molecule has 0 aromatic heterocycles. The molecule has 0 spiro atoms. The summed E-state index contributed by atoms with van der Waals surface area (Å²) in [5, 5.41) is 9.29. The van der Waals surface area contributed by atoms with E-state index in [-0.39, 0.29) is 18.6 Å². The number of benzene rings is 1. The van der Waals surface area contributed by atoms with E-state index in [0.29, 0.717) is 36.8 Å². The molecule has 1 saturated heterocycles. The molecule has 2 heterocycles. The van der Waals surface area contributed by atoms with Crippen LogP contribution >= 0.6 is 0 Å². The second kappa shape index (κ2) is 5.09. The van der Waals surface area contributed by atoms with Crippen LogP contribution in [0.5, 0.6) is 11.5 Å². The van der Waals surface area contributed by atoms with Crippen molar-refractivity contribution >= 4 is 5.91 Å². The molecular formula is C14H17NO4. The van der Waals surface area contributed by atoms with Gasteiger partial charge in [0, 0.05) is 12.1 Å². The highest BCUT2D eigenvalue weighted by molar-refractivity contribution is 5.95. The molecule has 19 heavy (non-hydrogen) atoms. The van der Waals surface area contributed by atoms with Gasteiger partial charge in [0.15, 0.2) is 11.5 Å². The van der Waals surface area contributed by atoms with E-state index in [1.165, 1.54) is 0 Å². The topological polar surface area (TPSA) is 59.0 Å². The van der Waals surface area contributed by atoms with Crippen LogP contribution < -0.4 is 9.47 Å². The lowest BCUT2D eigenvalue weighted by atomic mass is 10.1. The van der Waals surface area contributed by atoms with Crippen LogP contribution in [0.4, 0.5) is 0 Å². The van der Waals surface area contributed by atoms with Crippen molar-refractivity contribution in [2.24, 2.45) is 0 Å². The van der Waals surface area contributed by atoms with Gasteiger partial charge in [-0.05, 0) is 31.0 Å². The number of hydrogen-bond donors (Lipinski definition) is 1. The largest absolute Gasteiger partial charge is 0.486 e. The molecule has 0 bridgehead atoms. The standard InChI is InChI=1S/C14H17NO4/c16-9-11-2-1-5-15(11)14(17)10-3-4-12-13(8-10)19-7-6-18-12/h3-4,8,11,16H,1-2,5-7,9H2/t11-/m0/s1. The fourth-order valence-electron chi connectivity index (χ4n) is 2.64. The minimum Gasteiger partial charge on any atom is -0.486 e. The van der Waals surface area contributed by atoms with E-state index >= 15 is 0 Å². The Labute approximate surface area is 111 Å². The van der Waals surface area contributed by atoms with Crippen molar-refractivity contribution in [1.29, 1.82) is 0 Å². The molecule has 0 aliphatic carbocycles. The fraction of sp³-hybridized carbons (Fsp3) is 0.500. The van der Waals surface area contributed by atoms with Gasteiger partial charge in [-0.1, -0.05) is 0 Å². The van der Waals surface area contributed by atoms with Crippen molar-refractivity contribution in [1.82, 2.24) is 4.90 Å². The highest BCUT2D eigenvalue weighted by atomic mass is 16.6. The molecule has 1 aromatic rings. The first-order valence-electron chi connectivity index (χ1n) is 6.61. The Morgan fingerprint density at radius 3 is 2.89 bits per heavy atom. The van der Waals surface area contributed by atoms with Gasteiger partial charge >= 0.3 is 0 Å². The number of rotatable bonds is 2. The van der Waals surface area contributed by atoms with Gasteiger partial charge < -0.3 is 19.5 Å². The SMILES string of the molecule is O=C(c1ccc2c(c1)OCCO2)N1CCC[C@H]1CO. The second-order valence-electron chi connectivity index (χ2n) is 4.84. The number of likely N-dealkylation sites (tertiary alicyclic amines) is 1. The number of hydrogen-bond acceptors (Lipinski definition) is 4. The van der Waals surface area contributed by atoms with E-state index in [0.717, 1.165) is 12.8 Å². The van der Waals surface area contributed by atoms with Crippen molar-refractivity contribution in [2.45, 2.75) is 18.9 Å². The van der Waals surface area contributed by atoms with E-state index in [1.807, 2.05) is 0 Å². The van der Waals surface area contributed by atoms with E-state index in [2.05, 4.69) is 0 Å². The van der Waals surface area contributed by atoms with Gasteiger partial charge in [-0.3, -0.25) is 4.79 Å². The lowest BCUT2D eigenvalue weighted by Crippen LogP contribution is -2.37. The highest BCUT2D eigenvalue weighted by Gasteiger charge is 2.29. The molecule has 1 N–H and O–H groups in total. The Morgan fingerprint density at radius 1 is 1.32 bits per heavy atom. The summed E-state index contributed by atoms with van der Waals surface area (Å²) in [6.45, 7) is 1.78. The summed E-state index contributed by atoms with van der Waals surface area (Å²) < 4.78 is 10.9. The number of nitrogens with zero attached hydrogens (tertiary/aromatic N) is 1. The highest BCUT2D eigenvalue weighted by Crippen LogP contribution is 2.31. The zero-order valence-electron chi connectivity index (χ0n) is 10.7.